The van der Waals surface area contributed by atoms with Crippen LogP contribution in [-0.4, -0.2) is 19.5 Å². The molecule has 4 nitrogen and oxygen atoms in total. The van der Waals surface area contributed by atoms with Crippen molar-refractivity contribution >= 4 is 21.8 Å². The van der Waals surface area contributed by atoms with Gasteiger partial charge < -0.3 is 4.57 Å². The number of fused-ring (bicyclic) bond motifs is 3. The molecule has 2 aromatic heterocycles. The molecule has 0 atom stereocenters. The number of hydrogen-bond donors (Lipinski definition) is 0. The predicted octanol–water partition coefficient (Wildman–Crippen LogP) is 13.0. The molecule has 8 aromatic carbocycles. The fourth-order valence-corrected chi connectivity index (χ4v) is 7.47. The van der Waals surface area contributed by atoms with Crippen molar-refractivity contribution < 1.29 is 0 Å². The predicted molar refractivity (Wildman–Crippen MR) is 227 cm³/mol. The maximum atomic E-state index is 5.04. The highest BCUT2D eigenvalue weighted by atomic mass is 15.0. The molecular formula is C51H34N4. The highest BCUT2D eigenvalue weighted by Gasteiger charge is 2.17. The Hall–Kier alpha value is -7.43. The van der Waals surface area contributed by atoms with Crippen molar-refractivity contribution in [1.82, 2.24) is 19.5 Å². The minimum atomic E-state index is 0.629. The van der Waals surface area contributed by atoms with Gasteiger partial charge in [-0.1, -0.05) is 158 Å². The summed E-state index contributed by atoms with van der Waals surface area (Å²) in [7, 11) is 0. The molecule has 2 heterocycles. The first-order valence-electron chi connectivity index (χ1n) is 18.5. The molecular weight excluding hydrogens is 669 g/mol. The van der Waals surface area contributed by atoms with Gasteiger partial charge in [-0.2, -0.15) is 0 Å². The third-order valence-electron chi connectivity index (χ3n) is 10.3. The summed E-state index contributed by atoms with van der Waals surface area (Å²) in [5, 5.41) is 2.43. The number of nitrogens with zero attached hydrogens (tertiary/aromatic N) is 4. The van der Waals surface area contributed by atoms with Crippen molar-refractivity contribution in [2.75, 3.05) is 0 Å². The zero-order valence-corrected chi connectivity index (χ0v) is 29.9. The summed E-state index contributed by atoms with van der Waals surface area (Å²) >= 11 is 0. The van der Waals surface area contributed by atoms with Crippen molar-refractivity contribution in [2.24, 2.45) is 0 Å². The molecule has 0 saturated carbocycles. The van der Waals surface area contributed by atoms with Crippen LogP contribution in [-0.2, 0) is 0 Å². The van der Waals surface area contributed by atoms with Gasteiger partial charge in [0.1, 0.15) is 0 Å². The van der Waals surface area contributed by atoms with Gasteiger partial charge in [0.25, 0.3) is 0 Å². The summed E-state index contributed by atoms with van der Waals surface area (Å²) in [5.41, 5.74) is 13.3. The summed E-state index contributed by atoms with van der Waals surface area (Å²) in [5.74, 6) is 1.91. The van der Waals surface area contributed by atoms with E-state index in [1.54, 1.807) is 0 Å². The van der Waals surface area contributed by atoms with E-state index in [2.05, 4.69) is 174 Å². The molecule has 55 heavy (non-hydrogen) atoms. The van der Waals surface area contributed by atoms with Crippen molar-refractivity contribution in [3.05, 3.63) is 206 Å². The molecule has 0 fully saturated rings. The molecule has 258 valence electrons. The van der Waals surface area contributed by atoms with Crippen LogP contribution in [0.1, 0.15) is 0 Å². The lowest BCUT2D eigenvalue weighted by Crippen LogP contribution is -2.00. The first-order valence-corrected chi connectivity index (χ1v) is 18.5. The van der Waals surface area contributed by atoms with Gasteiger partial charge in [0.2, 0.25) is 0 Å². The van der Waals surface area contributed by atoms with Crippen LogP contribution in [0.2, 0.25) is 0 Å². The van der Waals surface area contributed by atoms with Crippen LogP contribution in [0.4, 0.5) is 0 Å². The summed E-state index contributed by atoms with van der Waals surface area (Å²) in [4.78, 5) is 15.0. The summed E-state index contributed by atoms with van der Waals surface area (Å²) in [6.07, 6.45) is 0. The number of rotatable bonds is 7. The van der Waals surface area contributed by atoms with Crippen LogP contribution < -0.4 is 0 Å². The van der Waals surface area contributed by atoms with E-state index in [0.717, 1.165) is 39.0 Å². The summed E-state index contributed by atoms with van der Waals surface area (Å²) in [6.45, 7) is 0. The van der Waals surface area contributed by atoms with E-state index in [1.165, 1.54) is 38.6 Å². The molecule has 0 aliphatic carbocycles. The van der Waals surface area contributed by atoms with Gasteiger partial charge in [-0.25, -0.2) is 15.0 Å². The highest BCUT2D eigenvalue weighted by molar-refractivity contribution is 6.11. The maximum Gasteiger partial charge on any atom is 0.164 e. The molecule has 10 aromatic rings. The van der Waals surface area contributed by atoms with Crippen molar-refractivity contribution in [3.8, 4) is 73.2 Å². The molecule has 0 bridgehead atoms. The number of hydrogen-bond acceptors (Lipinski definition) is 3. The second kappa shape index (κ2) is 13.8. The highest BCUT2D eigenvalue weighted by Crippen LogP contribution is 2.38. The fourth-order valence-electron chi connectivity index (χ4n) is 7.47. The first kappa shape index (κ1) is 32.2. The molecule has 10 rings (SSSR count). The van der Waals surface area contributed by atoms with Gasteiger partial charge in [-0.3, -0.25) is 0 Å². The lowest BCUT2D eigenvalue weighted by atomic mass is 10.0. The largest absolute Gasteiger partial charge is 0.309 e. The smallest absolute Gasteiger partial charge is 0.164 e. The Balaban J connectivity index is 1.08. The monoisotopic (exact) mass is 702 g/mol. The topological polar surface area (TPSA) is 43.6 Å². The van der Waals surface area contributed by atoms with Gasteiger partial charge >= 0.3 is 0 Å². The van der Waals surface area contributed by atoms with E-state index in [9.17, 15) is 0 Å². The van der Waals surface area contributed by atoms with E-state index in [4.69, 9.17) is 15.0 Å². The molecule has 0 amide bonds. The van der Waals surface area contributed by atoms with Crippen molar-refractivity contribution in [2.45, 2.75) is 0 Å². The first-order chi connectivity index (χ1) is 27.2. The Morgan fingerprint density at radius 1 is 0.255 bits per heavy atom. The molecule has 0 N–H and O–H groups in total. The molecule has 0 aliphatic rings. The third kappa shape index (κ3) is 6.16. The Labute approximate surface area is 319 Å². The summed E-state index contributed by atoms with van der Waals surface area (Å²) < 4.78 is 2.36. The Morgan fingerprint density at radius 3 is 0.964 bits per heavy atom. The number of aromatic nitrogens is 4. The van der Waals surface area contributed by atoms with Crippen LogP contribution in [0.5, 0.6) is 0 Å². The van der Waals surface area contributed by atoms with Crippen LogP contribution in [0.15, 0.2) is 206 Å². The van der Waals surface area contributed by atoms with Crippen molar-refractivity contribution in [3.63, 3.8) is 0 Å². The van der Waals surface area contributed by atoms with Crippen LogP contribution >= 0.6 is 0 Å². The van der Waals surface area contributed by atoms with E-state index < -0.39 is 0 Å². The quantitative estimate of drug-likeness (QED) is 0.166. The van der Waals surface area contributed by atoms with Gasteiger partial charge in [0.15, 0.2) is 17.5 Å². The zero-order chi connectivity index (χ0) is 36.6. The molecule has 4 heteroatoms. The SMILES string of the molecule is c1ccc(-c2ccc(-c3nc(-c4ccccc4)nc(-c4ccc(-n5c6ccc(-c7ccccc7)cc6c6cc(-c7ccccc7)ccc65)cc4)n3)cc2)cc1. The second-order valence-corrected chi connectivity index (χ2v) is 13.7. The van der Waals surface area contributed by atoms with Gasteiger partial charge in [0, 0.05) is 33.2 Å². The average molecular weight is 703 g/mol. The number of benzene rings is 8. The van der Waals surface area contributed by atoms with Crippen LogP contribution in [0, 0.1) is 0 Å². The van der Waals surface area contributed by atoms with Crippen LogP contribution in [0.3, 0.4) is 0 Å². The Bertz CT molecular complexity index is 2820. The lowest BCUT2D eigenvalue weighted by molar-refractivity contribution is 1.07. The van der Waals surface area contributed by atoms with E-state index in [-0.39, 0.29) is 0 Å². The second-order valence-electron chi connectivity index (χ2n) is 13.7. The lowest BCUT2D eigenvalue weighted by Gasteiger charge is -2.11. The average Bonchev–Trinajstić information content (AvgIpc) is 3.60. The normalized spacial score (nSPS) is 11.3. The zero-order valence-electron chi connectivity index (χ0n) is 29.9. The van der Waals surface area contributed by atoms with Gasteiger partial charge in [0.05, 0.1) is 11.0 Å². The molecule has 0 unspecified atom stereocenters. The van der Waals surface area contributed by atoms with E-state index in [0.29, 0.717) is 17.5 Å². The Morgan fingerprint density at radius 2 is 0.545 bits per heavy atom. The fraction of sp³-hybridized carbons (Fsp3) is 0. The summed E-state index contributed by atoms with van der Waals surface area (Å²) in [6, 6.07) is 72.3. The van der Waals surface area contributed by atoms with Crippen LogP contribution in [0.25, 0.3) is 95.0 Å². The maximum absolute atomic E-state index is 5.04. The van der Waals surface area contributed by atoms with Gasteiger partial charge in [-0.05, 0) is 81.9 Å². The van der Waals surface area contributed by atoms with E-state index >= 15 is 0 Å². The third-order valence-corrected chi connectivity index (χ3v) is 10.3. The van der Waals surface area contributed by atoms with Crippen molar-refractivity contribution in [1.29, 1.82) is 0 Å². The molecule has 0 spiro atoms. The van der Waals surface area contributed by atoms with E-state index in [1.807, 2.05) is 36.4 Å². The van der Waals surface area contributed by atoms with Gasteiger partial charge in [-0.15, -0.1) is 0 Å². The molecule has 0 radical (unpaired) electrons. The standard InChI is InChI=1S/C51H34N4/c1-5-13-35(14-6-1)38-21-23-40(24-22-38)50-52-49(39-19-11-4-12-20-39)53-51(54-50)41-25-29-44(30-26-41)55-47-31-27-42(36-15-7-2-8-16-36)33-45(47)46-34-43(28-32-48(46)55)37-17-9-3-10-18-37/h1-34H. The minimum absolute atomic E-state index is 0.629. The Kier molecular flexibility index (Phi) is 8.12. The minimum Gasteiger partial charge on any atom is -0.309 e. The molecule has 0 aliphatic heterocycles. The molecule has 0 saturated heterocycles.